The number of pyridine rings is 1. The van der Waals surface area contributed by atoms with Gasteiger partial charge in [0.1, 0.15) is 0 Å². The predicted octanol–water partition coefficient (Wildman–Crippen LogP) is 3.10. The van der Waals surface area contributed by atoms with Crippen LogP contribution in [0.5, 0.6) is 0 Å². The fraction of sp³-hybridized carbons (Fsp3) is 0.400. The first-order valence-electron chi connectivity index (χ1n) is 8.77. The van der Waals surface area contributed by atoms with Crippen molar-refractivity contribution in [3.05, 3.63) is 59.9 Å². The van der Waals surface area contributed by atoms with Crippen LogP contribution in [0.1, 0.15) is 35.7 Å². The zero-order valence-corrected chi connectivity index (χ0v) is 14.1. The number of nitrogens with zero attached hydrogens (tertiary/aromatic N) is 3. The van der Waals surface area contributed by atoms with Crippen molar-refractivity contribution in [3.8, 4) is 0 Å². The fourth-order valence-corrected chi connectivity index (χ4v) is 4.25. The third kappa shape index (κ3) is 2.37. The van der Waals surface area contributed by atoms with E-state index < -0.39 is 0 Å². The number of rotatable bonds is 2. The van der Waals surface area contributed by atoms with Crippen LogP contribution < -0.4 is 4.90 Å². The SMILES string of the molecule is CCN1CC2(CCN(C(=O)c3cccnc3)CC2)c2ccccc21. The molecule has 4 nitrogen and oxygen atoms in total. The summed E-state index contributed by atoms with van der Waals surface area (Å²) in [4.78, 5) is 21.2. The number of anilines is 1. The highest BCUT2D eigenvalue weighted by Crippen LogP contribution is 2.46. The Morgan fingerprint density at radius 2 is 1.96 bits per heavy atom. The lowest BCUT2D eigenvalue weighted by Crippen LogP contribution is -2.47. The molecule has 4 rings (SSSR count). The number of amides is 1. The van der Waals surface area contributed by atoms with Crippen LogP contribution in [-0.2, 0) is 5.41 Å². The Morgan fingerprint density at radius 3 is 2.67 bits per heavy atom. The molecule has 0 aliphatic carbocycles. The van der Waals surface area contributed by atoms with Crippen molar-refractivity contribution in [2.24, 2.45) is 0 Å². The molecular weight excluding hydrogens is 298 g/mol. The van der Waals surface area contributed by atoms with E-state index in [1.54, 1.807) is 12.4 Å². The number of carbonyl (C=O) groups is 1. The number of fused-ring (bicyclic) bond motifs is 2. The Morgan fingerprint density at radius 1 is 1.17 bits per heavy atom. The molecule has 1 aromatic carbocycles. The van der Waals surface area contributed by atoms with E-state index in [1.807, 2.05) is 17.0 Å². The van der Waals surface area contributed by atoms with Gasteiger partial charge in [-0.15, -0.1) is 0 Å². The molecule has 1 saturated heterocycles. The van der Waals surface area contributed by atoms with E-state index in [-0.39, 0.29) is 11.3 Å². The number of likely N-dealkylation sites (N-methyl/N-ethyl adjacent to an activating group) is 1. The van der Waals surface area contributed by atoms with Gasteiger partial charge in [0.25, 0.3) is 5.91 Å². The van der Waals surface area contributed by atoms with E-state index in [0.717, 1.165) is 39.0 Å². The van der Waals surface area contributed by atoms with Crippen molar-refractivity contribution < 1.29 is 4.79 Å². The molecule has 4 heteroatoms. The highest BCUT2D eigenvalue weighted by atomic mass is 16.2. The van der Waals surface area contributed by atoms with Crippen molar-refractivity contribution in [1.29, 1.82) is 0 Å². The van der Waals surface area contributed by atoms with Crippen LogP contribution in [0, 0.1) is 0 Å². The summed E-state index contributed by atoms with van der Waals surface area (Å²) in [7, 11) is 0. The standard InChI is InChI=1S/C20H23N3O/c1-2-22-15-20(17-7-3-4-8-18(17)22)9-12-23(13-10-20)19(24)16-6-5-11-21-14-16/h3-8,11,14H,2,9-10,12-13,15H2,1H3. The number of benzene rings is 1. The van der Waals surface area contributed by atoms with Crippen molar-refractivity contribution in [2.45, 2.75) is 25.2 Å². The number of piperidine rings is 1. The number of carbonyl (C=O) groups excluding carboxylic acids is 1. The summed E-state index contributed by atoms with van der Waals surface area (Å²) in [5.74, 6) is 0.108. The molecule has 3 heterocycles. The number of para-hydroxylation sites is 1. The normalized spacial score (nSPS) is 18.7. The van der Waals surface area contributed by atoms with E-state index in [9.17, 15) is 4.79 Å². The second kappa shape index (κ2) is 5.93. The van der Waals surface area contributed by atoms with Crippen molar-refractivity contribution >= 4 is 11.6 Å². The minimum atomic E-state index is 0.108. The maximum atomic E-state index is 12.6. The zero-order chi connectivity index (χ0) is 16.6. The number of aromatic nitrogens is 1. The molecule has 24 heavy (non-hydrogen) atoms. The lowest BCUT2D eigenvalue weighted by molar-refractivity contribution is 0.0674. The van der Waals surface area contributed by atoms with Gasteiger partial charge >= 0.3 is 0 Å². The van der Waals surface area contributed by atoms with Crippen LogP contribution in [-0.4, -0.2) is 42.0 Å². The molecule has 1 fully saturated rings. The molecule has 0 atom stereocenters. The van der Waals surface area contributed by atoms with Gasteiger partial charge in [-0.25, -0.2) is 0 Å². The quantitative estimate of drug-likeness (QED) is 0.853. The Bertz CT molecular complexity index is 736. The van der Waals surface area contributed by atoms with Crippen LogP contribution >= 0.6 is 0 Å². The summed E-state index contributed by atoms with van der Waals surface area (Å²) < 4.78 is 0. The summed E-state index contributed by atoms with van der Waals surface area (Å²) >= 11 is 0. The lowest BCUT2D eigenvalue weighted by Gasteiger charge is -2.40. The molecule has 2 aliphatic heterocycles. The molecule has 0 radical (unpaired) electrons. The fourth-order valence-electron chi connectivity index (χ4n) is 4.25. The van der Waals surface area contributed by atoms with Crippen LogP contribution in [0.2, 0.25) is 0 Å². The molecule has 0 N–H and O–H groups in total. The average molecular weight is 321 g/mol. The summed E-state index contributed by atoms with van der Waals surface area (Å²) in [5, 5.41) is 0. The summed E-state index contributed by atoms with van der Waals surface area (Å²) in [6.45, 7) is 5.98. The monoisotopic (exact) mass is 321 g/mol. The van der Waals surface area contributed by atoms with E-state index in [4.69, 9.17) is 0 Å². The Hall–Kier alpha value is -2.36. The van der Waals surface area contributed by atoms with Gasteiger partial charge in [0, 0.05) is 49.7 Å². The second-order valence-corrected chi connectivity index (χ2v) is 6.85. The van der Waals surface area contributed by atoms with E-state index in [0.29, 0.717) is 5.56 Å². The minimum Gasteiger partial charge on any atom is -0.371 e. The molecule has 124 valence electrons. The average Bonchev–Trinajstić information content (AvgIpc) is 2.96. The molecule has 1 amide bonds. The molecule has 2 aromatic rings. The molecule has 1 aromatic heterocycles. The van der Waals surface area contributed by atoms with E-state index in [2.05, 4.69) is 41.1 Å². The lowest BCUT2D eigenvalue weighted by atomic mass is 9.74. The Kier molecular flexibility index (Phi) is 3.75. The van der Waals surface area contributed by atoms with E-state index >= 15 is 0 Å². The molecule has 1 spiro atoms. The summed E-state index contributed by atoms with van der Waals surface area (Å²) in [6, 6.07) is 12.5. The first kappa shape index (κ1) is 15.2. The summed E-state index contributed by atoms with van der Waals surface area (Å²) in [6.07, 6.45) is 5.44. The van der Waals surface area contributed by atoms with Crippen molar-refractivity contribution in [2.75, 3.05) is 31.1 Å². The Balaban J connectivity index is 1.53. The van der Waals surface area contributed by atoms with Crippen LogP contribution in [0.25, 0.3) is 0 Å². The molecule has 0 unspecified atom stereocenters. The minimum absolute atomic E-state index is 0.108. The largest absolute Gasteiger partial charge is 0.371 e. The highest BCUT2D eigenvalue weighted by molar-refractivity contribution is 5.94. The smallest absolute Gasteiger partial charge is 0.255 e. The number of hydrogen-bond donors (Lipinski definition) is 0. The maximum absolute atomic E-state index is 12.6. The third-order valence-electron chi connectivity index (χ3n) is 5.61. The van der Waals surface area contributed by atoms with Gasteiger partial charge in [-0.2, -0.15) is 0 Å². The maximum Gasteiger partial charge on any atom is 0.255 e. The molecule has 2 aliphatic rings. The van der Waals surface area contributed by atoms with Gasteiger partial charge < -0.3 is 9.80 Å². The topological polar surface area (TPSA) is 36.4 Å². The van der Waals surface area contributed by atoms with Crippen LogP contribution in [0.15, 0.2) is 48.8 Å². The predicted molar refractivity (Wildman–Crippen MR) is 95.4 cm³/mol. The highest BCUT2D eigenvalue weighted by Gasteiger charge is 2.44. The number of likely N-dealkylation sites (tertiary alicyclic amines) is 1. The first-order chi connectivity index (χ1) is 11.7. The van der Waals surface area contributed by atoms with Crippen LogP contribution in [0.4, 0.5) is 5.69 Å². The molecular formula is C20H23N3O. The van der Waals surface area contributed by atoms with Gasteiger partial charge in [-0.3, -0.25) is 9.78 Å². The summed E-state index contributed by atoms with van der Waals surface area (Å²) in [5.41, 5.74) is 3.75. The number of hydrogen-bond acceptors (Lipinski definition) is 3. The van der Waals surface area contributed by atoms with Gasteiger partial charge in [-0.1, -0.05) is 18.2 Å². The van der Waals surface area contributed by atoms with Crippen molar-refractivity contribution in [1.82, 2.24) is 9.88 Å². The zero-order valence-electron chi connectivity index (χ0n) is 14.1. The van der Waals surface area contributed by atoms with Gasteiger partial charge in [0.15, 0.2) is 0 Å². The van der Waals surface area contributed by atoms with E-state index in [1.165, 1.54) is 11.3 Å². The molecule has 0 saturated carbocycles. The molecule has 0 bridgehead atoms. The Labute approximate surface area is 143 Å². The van der Waals surface area contributed by atoms with Gasteiger partial charge in [0.2, 0.25) is 0 Å². The first-order valence-corrected chi connectivity index (χ1v) is 8.77. The van der Waals surface area contributed by atoms with Crippen LogP contribution in [0.3, 0.4) is 0 Å². The second-order valence-electron chi connectivity index (χ2n) is 6.85. The van der Waals surface area contributed by atoms with Gasteiger partial charge in [-0.05, 0) is 43.5 Å². The van der Waals surface area contributed by atoms with Gasteiger partial charge in [0.05, 0.1) is 5.56 Å². The third-order valence-corrected chi connectivity index (χ3v) is 5.61. The van der Waals surface area contributed by atoms with Crippen molar-refractivity contribution in [3.63, 3.8) is 0 Å².